The summed E-state index contributed by atoms with van der Waals surface area (Å²) in [5.74, 6) is -0.0693. The molecule has 1 fully saturated rings. The first-order valence-corrected chi connectivity index (χ1v) is 9.56. The number of piperazine rings is 1. The normalized spacial score (nSPS) is 14.6. The van der Waals surface area contributed by atoms with Crippen molar-refractivity contribution in [3.05, 3.63) is 63.2 Å². The summed E-state index contributed by atoms with van der Waals surface area (Å²) in [5.41, 5.74) is 1.32. The predicted octanol–water partition coefficient (Wildman–Crippen LogP) is 3.82. The van der Waals surface area contributed by atoms with Crippen molar-refractivity contribution in [2.75, 3.05) is 31.1 Å². The molecular formula is C18H15ClN4O3S. The van der Waals surface area contributed by atoms with Gasteiger partial charge in [-0.1, -0.05) is 35.1 Å². The molecule has 2 heterocycles. The molecular weight excluding hydrogens is 388 g/mol. The largest absolute Gasteiger partial charge is 0.345 e. The average Bonchev–Trinajstić information content (AvgIpc) is 3.11. The summed E-state index contributed by atoms with van der Waals surface area (Å²) in [4.78, 5) is 31.6. The number of carbonyl (C=O) groups excluding carboxylic acids is 1. The van der Waals surface area contributed by atoms with Crippen LogP contribution >= 0.6 is 22.9 Å². The Morgan fingerprint density at radius 1 is 1.15 bits per heavy atom. The number of hydrogen-bond acceptors (Lipinski definition) is 6. The number of fused-ring (bicyclic) bond motifs is 1. The molecule has 4 rings (SSSR count). The topological polar surface area (TPSA) is 79.6 Å². The lowest BCUT2D eigenvalue weighted by atomic mass is 10.2. The van der Waals surface area contributed by atoms with Crippen molar-refractivity contribution in [3.8, 4) is 0 Å². The molecule has 7 nitrogen and oxygen atoms in total. The Hall–Kier alpha value is -2.71. The fraction of sp³-hybridized carbons (Fsp3) is 0.222. The fourth-order valence-corrected chi connectivity index (χ4v) is 4.32. The maximum atomic E-state index is 12.7. The minimum Gasteiger partial charge on any atom is -0.345 e. The standard InChI is InChI=1S/C18H15ClN4O3S/c19-14-4-2-1-3-13(14)17(24)21-7-9-22(10-8-21)18-20-15-6-5-12(23(25)26)11-16(15)27-18/h1-6,11H,7-10H2. The highest BCUT2D eigenvalue weighted by Crippen LogP contribution is 2.32. The van der Waals surface area contributed by atoms with E-state index in [2.05, 4.69) is 9.88 Å². The van der Waals surface area contributed by atoms with Gasteiger partial charge >= 0.3 is 0 Å². The number of amides is 1. The molecule has 0 saturated carbocycles. The lowest BCUT2D eigenvalue weighted by molar-refractivity contribution is -0.384. The molecule has 0 unspecified atom stereocenters. The molecule has 2 aromatic carbocycles. The van der Waals surface area contributed by atoms with Crippen molar-refractivity contribution in [2.45, 2.75) is 0 Å². The Kier molecular flexibility index (Phi) is 4.67. The van der Waals surface area contributed by atoms with E-state index in [4.69, 9.17) is 11.6 Å². The Morgan fingerprint density at radius 3 is 2.59 bits per heavy atom. The van der Waals surface area contributed by atoms with Gasteiger partial charge in [0.05, 0.1) is 25.7 Å². The third kappa shape index (κ3) is 3.45. The van der Waals surface area contributed by atoms with Crippen LogP contribution in [0.3, 0.4) is 0 Å². The first-order chi connectivity index (χ1) is 13.0. The molecule has 9 heteroatoms. The predicted molar refractivity (Wildman–Crippen MR) is 106 cm³/mol. The third-order valence-corrected chi connectivity index (χ3v) is 5.92. The minimum atomic E-state index is -0.405. The van der Waals surface area contributed by atoms with Gasteiger partial charge in [-0.2, -0.15) is 0 Å². The summed E-state index contributed by atoms with van der Waals surface area (Å²) < 4.78 is 0.786. The molecule has 1 aromatic heterocycles. The molecule has 0 radical (unpaired) electrons. The van der Waals surface area contributed by atoms with E-state index in [0.29, 0.717) is 36.8 Å². The van der Waals surface area contributed by atoms with Gasteiger partial charge in [0.1, 0.15) is 0 Å². The third-order valence-electron chi connectivity index (χ3n) is 4.51. The number of nitro groups is 1. The minimum absolute atomic E-state index is 0.0628. The second-order valence-corrected chi connectivity index (χ2v) is 7.58. The van der Waals surface area contributed by atoms with Crippen LogP contribution in [0.5, 0.6) is 0 Å². The van der Waals surface area contributed by atoms with Crippen LogP contribution in [0.15, 0.2) is 42.5 Å². The highest BCUT2D eigenvalue weighted by atomic mass is 35.5. The number of nitro benzene ring substituents is 1. The highest BCUT2D eigenvalue weighted by Gasteiger charge is 2.25. The SMILES string of the molecule is O=C(c1ccccc1Cl)N1CCN(c2nc3ccc([N+](=O)[O-])cc3s2)CC1. The number of thiazole rings is 1. The molecule has 1 aliphatic rings. The number of anilines is 1. The number of carbonyl (C=O) groups is 1. The lowest BCUT2D eigenvalue weighted by Gasteiger charge is -2.34. The van der Waals surface area contributed by atoms with Crippen molar-refractivity contribution >= 4 is 49.9 Å². The molecule has 0 spiro atoms. The molecule has 1 saturated heterocycles. The van der Waals surface area contributed by atoms with E-state index in [1.807, 2.05) is 0 Å². The summed E-state index contributed by atoms with van der Waals surface area (Å²) in [7, 11) is 0. The van der Waals surface area contributed by atoms with E-state index >= 15 is 0 Å². The van der Waals surface area contributed by atoms with Gasteiger partial charge in [-0.25, -0.2) is 4.98 Å². The maximum absolute atomic E-state index is 12.7. The summed E-state index contributed by atoms with van der Waals surface area (Å²) in [6.07, 6.45) is 0. The first kappa shape index (κ1) is 17.7. The van der Waals surface area contributed by atoms with E-state index in [0.717, 1.165) is 15.3 Å². The van der Waals surface area contributed by atoms with Gasteiger partial charge in [0.25, 0.3) is 11.6 Å². The van der Waals surface area contributed by atoms with Gasteiger partial charge in [-0.05, 0) is 18.2 Å². The molecule has 1 aliphatic heterocycles. The summed E-state index contributed by atoms with van der Waals surface area (Å²) >= 11 is 7.56. The highest BCUT2D eigenvalue weighted by molar-refractivity contribution is 7.22. The molecule has 3 aromatic rings. The van der Waals surface area contributed by atoms with Crippen LogP contribution in [-0.4, -0.2) is 46.9 Å². The molecule has 0 atom stereocenters. The Bertz CT molecular complexity index is 1030. The van der Waals surface area contributed by atoms with Crippen molar-refractivity contribution < 1.29 is 9.72 Å². The van der Waals surface area contributed by atoms with Gasteiger partial charge in [0.15, 0.2) is 5.13 Å². The van der Waals surface area contributed by atoms with Crippen LogP contribution in [-0.2, 0) is 0 Å². The molecule has 0 aliphatic carbocycles. The second kappa shape index (κ2) is 7.13. The zero-order chi connectivity index (χ0) is 19.0. The van der Waals surface area contributed by atoms with E-state index in [-0.39, 0.29) is 11.6 Å². The fourth-order valence-electron chi connectivity index (χ4n) is 3.06. The van der Waals surface area contributed by atoms with Crippen LogP contribution in [0.2, 0.25) is 5.02 Å². The molecule has 1 amide bonds. The van der Waals surface area contributed by atoms with Crippen LogP contribution < -0.4 is 4.90 Å². The summed E-state index contributed by atoms with van der Waals surface area (Å²) in [6, 6.07) is 11.7. The number of rotatable bonds is 3. The van der Waals surface area contributed by atoms with Crippen LogP contribution in [0.1, 0.15) is 10.4 Å². The van der Waals surface area contributed by atoms with Crippen LogP contribution in [0.4, 0.5) is 10.8 Å². The number of hydrogen-bond donors (Lipinski definition) is 0. The second-order valence-electron chi connectivity index (χ2n) is 6.16. The van der Waals surface area contributed by atoms with Crippen LogP contribution in [0, 0.1) is 10.1 Å². The number of nitrogens with zero attached hydrogens (tertiary/aromatic N) is 4. The first-order valence-electron chi connectivity index (χ1n) is 8.36. The summed E-state index contributed by atoms with van der Waals surface area (Å²) in [5, 5.41) is 12.2. The number of benzene rings is 2. The summed E-state index contributed by atoms with van der Waals surface area (Å²) in [6.45, 7) is 2.44. The van der Waals surface area contributed by atoms with E-state index in [1.54, 1.807) is 41.3 Å². The van der Waals surface area contributed by atoms with Crippen molar-refractivity contribution in [3.63, 3.8) is 0 Å². The zero-order valence-electron chi connectivity index (χ0n) is 14.2. The van der Waals surface area contributed by atoms with Gasteiger partial charge in [0, 0.05) is 38.3 Å². The molecule has 0 bridgehead atoms. The number of aromatic nitrogens is 1. The van der Waals surface area contributed by atoms with Crippen LogP contribution in [0.25, 0.3) is 10.2 Å². The molecule has 27 heavy (non-hydrogen) atoms. The Labute approximate surface area is 163 Å². The molecule has 0 N–H and O–H groups in total. The zero-order valence-corrected chi connectivity index (χ0v) is 15.7. The van der Waals surface area contributed by atoms with Gasteiger partial charge < -0.3 is 9.80 Å². The van der Waals surface area contributed by atoms with E-state index in [1.165, 1.54) is 17.4 Å². The Morgan fingerprint density at radius 2 is 1.89 bits per heavy atom. The van der Waals surface area contributed by atoms with Crippen molar-refractivity contribution in [2.24, 2.45) is 0 Å². The monoisotopic (exact) mass is 402 g/mol. The Balaban J connectivity index is 1.47. The number of halogens is 1. The van der Waals surface area contributed by atoms with E-state index in [9.17, 15) is 14.9 Å². The van der Waals surface area contributed by atoms with Crippen molar-refractivity contribution in [1.82, 2.24) is 9.88 Å². The van der Waals surface area contributed by atoms with E-state index < -0.39 is 4.92 Å². The van der Waals surface area contributed by atoms with Gasteiger partial charge in [-0.3, -0.25) is 14.9 Å². The smallest absolute Gasteiger partial charge is 0.270 e. The van der Waals surface area contributed by atoms with Gasteiger partial charge in [0.2, 0.25) is 0 Å². The van der Waals surface area contributed by atoms with Crippen molar-refractivity contribution in [1.29, 1.82) is 0 Å². The molecule has 138 valence electrons. The number of non-ortho nitro benzene ring substituents is 1. The quantitative estimate of drug-likeness (QED) is 0.491. The average molecular weight is 403 g/mol. The maximum Gasteiger partial charge on any atom is 0.270 e. The van der Waals surface area contributed by atoms with Gasteiger partial charge in [-0.15, -0.1) is 0 Å². The lowest BCUT2D eigenvalue weighted by Crippen LogP contribution is -2.48.